The van der Waals surface area contributed by atoms with Crippen LogP contribution in [0.5, 0.6) is 0 Å². The number of piperazine rings is 1. The van der Waals surface area contributed by atoms with Crippen LogP contribution < -0.4 is 10.2 Å². The number of carbonyl (C=O) groups excluding carboxylic acids is 1. The van der Waals surface area contributed by atoms with Crippen molar-refractivity contribution in [1.29, 1.82) is 0 Å². The van der Waals surface area contributed by atoms with Gasteiger partial charge in [-0.05, 0) is 49.2 Å². The number of nitrogens with zero attached hydrogens (tertiary/aromatic N) is 3. The molecule has 4 rings (SSSR count). The number of hydrogen-bond donors (Lipinski definition) is 1. The van der Waals surface area contributed by atoms with Crippen LogP contribution in [-0.4, -0.2) is 48.5 Å². The molecule has 1 amide bonds. The van der Waals surface area contributed by atoms with Crippen LogP contribution in [0.3, 0.4) is 0 Å². The van der Waals surface area contributed by atoms with Crippen LogP contribution in [0.25, 0.3) is 10.6 Å². The van der Waals surface area contributed by atoms with Crippen molar-refractivity contribution in [1.82, 2.24) is 9.88 Å². The number of thiophene rings is 1. The van der Waals surface area contributed by atoms with E-state index in [1.54, 1.807) is 11.3 Å². The fraction of sp³-hybridized carbons (Fsp3) is 0.333. The molecule has 0 saturated carbocycles. The Labute approximate surface area is 173 Å². The monoisotopic (exact) mass is 412 g/mol. The Hall–Kier alpha value is -2.22. The molecule has 7 heteroatoms. The maximum Gasteiger partial charge on any atom is 0.267 e. The van der Waals surface area contributed by atoms with E-state index in [1.807, 2.05) is 30.5 Å². The van der Waals surface area contributed by atoms with Crippen LogP contribution in [0.4, 0.5) is 11.4 Å². The number of benzene rings is 1. The van der Waals surface area contributed by atoms with Gasteiger partial charge in [-0.1, -0.05) is 6.92 Å². The number of aromatic nitrogens is 1. The number of nitrogens with one attached hydrogen (secondary N) is 1. The Morgan fingerprint density at radius 3 is 2.54 bits per heavy atom. The van der Waals surface area contributed by atoms with Crippen molar-refractivity contribution in [2.75, 3.05) is 42.9 Å². The third-order valence-corrected chi connectivity index (χ3v) is 6.97. The summed E-state index contributed by atoms with van der Waals surface area (Å²) in [5.41, 5.74) is 3.87. The Balaban J connectivity index is 1.41. The van der Waals surface area contributed by atoms with Crippen LogP contribution in [0.1, 0.15) is 22.3 Å². The lowest BCUT2D eigenvalue weighted by Crippen LogP contribution is -2.46. The number of hydrogen-bond acceptors (Lipinski definition) is 6. The van der Waals surface area contributed by atoms with Crippen molar-refractivity contribution in [3.63, 3.8) is 0 Å². The van der Waals surface area contributed by atoms with Gasteiger partial charge < -0.3 is 15.1 Å². The van der Waals surface area contributed by atoms with Gasteiger partial charge in [0.1, 0.15) is 9.88 Å². The molecular weight excluding hydrogens is 388 g/mol. The van der Waals surface area contributed by atoms with Gasteiger partial charge in [0.2, 0.25) is 0 Å². The zero-order valence-corrected chi connectivity index (χ0v) is 17.8. The summed E-state index contributed by atoms with van der Waals surface area (Å²) < 4.78 is 0. The molecule has 0 radical (unpaired) electrons. The summed E-state index contributed by atoms with van der Waals surface area (Å²) in [7, 11) is 0. The van der Waals surface area contributed by atoms with Gasteiger partial charge >= 0.3 is 0 Å². The van der Waals surface area contributed by atoms with E-state index in [-0.39, 0.29) is 5.91 Å². The second-order valence-electron chi connectivity index (χ2n) is 6.87. The van der Waals surface area contributed by atoms with E-state index < -0.39 is 0 Å². The van der Waals surface area contributed by atoms with Crippen LogP contribution >= 0.6 is 22.7 Å². The largest absolute Gasteiger partial charge is 0.369 e. The molecule has 1 fully saturated rings. The van der Waals surface area contributed by atoms with E-state index in [1.165, 1.54) is 17.0 Å². The fourth-order valence-corrected chi connectivity index (χ4v) is 5.06. The SMILES string of the molecule is CCN1CCN(c2ccc(NC(=O)c3sc(-c4ccsc4)nc3C)cc2)CC1. The molecule has 3 aromatic rings. The minimum atomic E-state index is -0.0965. The summed E-state index contributed by atoms with van der Waals surface area (Å²) in [6, 6.07) is 10.2. The fourth-order valence-electron chi connectivity index (χ4n) is 3.38. The van der Waals surface area contributed by atoms with Crippen LogP contribution in [0, 0.1) is 6.92 Å². The first-order valence-corrected chi connectivity index (χ1v) is 11.3. The lowest BCUT2D eigenvalue weighted by atomic mass is 10.2. The first kappa shape index (κ1) is 19.1. The number of amides is 1. The first-order valence-electron chi connectivity index (χ1n) is 9.52. The number of rotatable bonds is 5. The smallest absolute Gasteiger partial charge is 0.267 e. The second-order valence-corrected chi connectivity index (χ2v) is 8.65. The highest BCUT2D eigenvalue weighted by Crippen LogP contribution is 2.30. The summed E-state index contributed by atoms with van der Waals surface area (Å²) >= 11 is 3.08. The summed E-state index contributed by atoms with van der Waals surface area (Å²) in [6.07, 6.45) is 0. The quantitative estimate of drug-likeness (QED) is 0.667. The molecule has 1 aliphatic heterocycles. The molecule has 0 atom stereocenters. The van der Waals surface area contributed by atoms with E-state index in [0.717, 1.165) is 54.7 Å². The Morgan fingerprint density at radius 2 is 1.89 bits per heavy atom. The average Bonchev–Trinajstić information content (AvgIpc) is 3.38. The lowest BCUT2D eigenvalue weighted by molar-refractivity contribution is 0.103. The van der Waals surface area contributed by atoms with Gasteiger partial charge in [0.15, 0.2) is 0 Å². The number of likely N-dealkylation sites (N-methyl/N-ethyl adjacent to an activating group) is 1. The van der Waals surface area contributed by atoms with E-state index in [0.29, 0.717) is 4.88 Å². The van der Waals surface area contributed by atoms with Gasteiger partial charge in [-0.2, -0.15) is 11.3 Å². The molecule has 0 unspecified atom stereocenters. The molecular formula is C21H24N4OS2. The van der Waals surface area contributed by atoms with Crippen molar-refractivity contribution in [3.8, 4) is 10.6 Å². The average molecular weight is 413 g/mol. The van der Waals surface area contributed by atoms with Gasteiger partial charge in [-0.3, -0.25) is 4.79 Å². The first-order chi connectivity index (χ1) is 13.6. The maximum absolute atomic E-state index is 12.7. The molecule has 1 aliphatic rings. The number of aryl methyl sites for hydroxylation is 1. The van der Waals surface area contributed by atoms with Crippen molar-refractivity contribution in [2.45, 2.75) is 13.8 Å². The Kier molecular flexibility index (Phi) is 5.75. The lowest BCUT2D eigenvalue weighted by Gasteiger charge is -2.35. The molecule has 0 spiro atoms. The van der Waals surface area contributed by atoms with Crippen molar-refractivity contribution < 1.29 is 4.79 Å². The second kappa shape index (κ2) is 8.43. The molecule has 0 bridgehead atoms. The highest BCUT2D eigenvalue weighted by molar-refractivity contribution is 7.17. The zero-order chi connectivity index (χ0) is 19.5. The Bertz CT molecular complexity index is 926. The third kappa shape index (κ3) is 4.11. The number of carbonyl (C=O) groups is 1. The summed E-state index contributed by atoms with van der Waals surface area (Å²) in [5.74, 6) is -0.0965. The van der Waals surface area contributed by atoms with Gasteiger partial charge in [0, 0.05) is 48.5 Å². The molecule has 1 saturated heterocycles. The topological polar surface area (TPSA) is 48.5 Å². The predicted molar refractivity (Wildman–Crippen MR) is 119 cm³/mol. The normalized spacial score (nSPS) is 15.0. The maximum atomic E-state index is 12.7. The molecule has 1 N–H and O–H groups in total. The van der Waals surface area contributed by atoms with Crippen molar-refractivity contribution in [2.24, 2.45) is 0 Å². The van der Waals surface area contributed by atoms with Crippen molar-refractivity contribution in [3.05, 3.63) is 51.7 Å². The van der Waals surface area contributed by atoms with Crippen LogP contribution in [-0.2, 0) is 0 Å². The van der Waals surface area contributed by atoms with Gasteiger partial charge in [-0.15, -0.1) is 11.3 Å². The molecule has 0 aliphatic carbocycles. The summed E-state index contributed by atoms with van der Waals surface area (Å²) in [5, 5.41) is 7.98. The molecule has 5 nitrogen and oxygen atoms in total. The molecule has 3 heterocycles. The highest BCUT2D eigenvalue weighted by Gasteiger charge is 2.18. The number of anilines is 2. The number of thiazole rings is 1. The molecule has 2 aromatic heterocycles. The molecule has 28 heavy (non-hydrogen) atoms. The van der Waals surface area contributed by atoms with E-state index in [2.05, 4.69) is 44.5 Å². The third-order valence-electron chi connectivity index (χ3n) is 5.08. The molecule has 1 aromatic carbocycles. The molecule has 146 valence electrons. The van der Waals surface area contributed by atoms with Crippen LogP contribution in [0.15, 0.2) is 41.1 Å². The highest BCUT2D eigenvalue weighted by atomic mass is 32.1. The zero-order valence-electron chi connectivity index (χ0n) is 16.1. The van der Waals surface area contributed by atoms with Crippen LogP contribution in [0.2, 0.25) is 0 Å². The predicted octanol–water partition coefficient (Wildman–Crippen LogP) is 4.57. The van der Waals surface area contributed by atoms with E-state index in [4.69, 9.17) is 0 Å². The Morgan fingerprint density at radius 1 is 1.14 bits per heavy atom. The minimum absolute atomic E-state index is 0.0965. The van der Waals surface area contributed by atoms with Gasteiger partial charge in [-0.25, -0.2) is 4.98 Å². The van der Waals surface area contributed by atoms with Gasteiger partial charge in [0.05, 0.1) is 5.69 Å². The minimum Gasteiger partial charge on any atom is -0.369 e. The van der Waals surface area contributed by atoms with E-state index >= 15 is 0 Å². The standard InChI is InChI=1S/C21H24N4OS2/c1-3-24-9-11-25(12-10-24)18-6-4-17(5-7-18)23-20(26)19-15(2)22-21(28-19)16-8-13-27-14-16/h4-8,13-14H,3,9-12H2,1-2H3,(H,23,26). The summed E-state index contributed by atoms with van der Waals surface area (Å²) in [6.45, 7) is 9.51. The van der Waals surface area contributed by atoms with Gasteiger partial charge in [0.25, 0.3) is 5.91 Å². The summed E-state index contributed by atoms with van der Waals surface area (Å²) in [4.78, 5) is 22.8. The van der Waals surface area contributed by atoms with E-state index in [9.17, 15) is 4.79 Å². The van der Waals surface area contributed by atoms with Crippen molar-refractivity contribution >= 4 is 40.0 Å².